The number of ketones is 1. The molecule has 1 aliphatic heterocycles. The van der Waals surface area contributed by atoms with Gasteiger partial charge in [0.1, 0.15) is 11.4 Å². The Bertz CT molecular complexity index is 319. The van der Waals surface area contributed by atoms with Crippen LogP contribution in [0.5, 0.6) is 0 Å². The molecule has 0 N–H and O–H groups in total. The van der Waals surface area contributed by atoms with Crippen molar-refractivity contribution in [2.75, 3.05) is 13.1 Å². The zero-order valence-electron chi connectivity index (χ0n) is 12.2. The van der Waals surface area contributed by atoms with E-state index in [-0.39, 0.29) is 23.7 Å². The number of ether oxygens (including phenoxy) is 1. The van der Waals surface area contributed by atoms with Gasteiger partial charge in [0.05, 0.1) is 0 Å². The molecule has 104 valence electrons. The first-order valence-electron chi connectivity index (χ1n) is 6.76. The number of amides is 1. The van der Waals surface area contributed by atoms with Crippen LogP contribution in [0.3, 0.4) is 0 Å². The second-order valence-corrected chi connectivity index (χ2v) is 6.12. The minimum Gasteiger partial charge on any atom is -0.444 e. The van der Waals surface area contributed by atoms with Crippen LogP contribution >= 0.6 is 0 Å². The molecule has 1 heterocycles. The van der Waals surface area contributed by atoms with Crippen molar-refractivity contribution in [3.05, 3.63) is 0 Å². The molecule has 0 aromatic rings. The van der Waals surface area contributed by atoms with Crippen molar-refractivity contribution < 1.29 is 14.3 Å². The van der Waals surface area contributed by atoms with Crippen LogP contribution in [0.15, 0.2) is 0 Å². The third-order valence-electron chi connectivity index (χ3n) is 3.34. The summed E-state index contributed by atoms with van der Waals surface area (Å²) in [6.07, 6.45) is 1.33. The largest absolute Gasteiger partial charge is 0.444 e. The molecule has 0 bridgehead atoms. The summed E-state index contributed by atoms with van der Waals surface area (Å²) in [6.45, 7) is 10.7. The zero-order valence-corrected chi connectivity index (χ0v) is 12.2. The van der Waals surface area contributed by atoms with E-state index >= 15 is 0 Å². The van der Waals surface area contributed by atoms with Gasteiger partial charge in [-0.1, -0.05) is 13.8 Å². The Balaban J connectivity index is 2.51. The van der Waals surface area contributed by atoms with Crippen LogP contribution in [0, 0.1) is 11.8 Å². The zero-order chi connectivity index (χ0) is 13.9. The maximum atomic E-state index is 12.1. The Morgan fingerprint density at radius 1 is 1.39 bits per heavy atom. The third-order valence-corrected chi connectivity index (χ3v) is 3.34. The summed E-state index contributed by atoms with van der Waals surface area (Å²) >= 11 is 0. The van der Waals surface area contributed by atoms with Crippen LogP contribution in [-0.2, 0) is 9.53 Å². The molecule has 2 atom stereocenters. The molecule has 0 aromatic heterocycles. The Labute approximate surface area is 110 Å². The minimum atomic E-state index is -0.476. The summed E-state index contributed by atoms with van der Waals surface area (Å²) in [5.41, 5.74) is -0.476. The Morgan fingerprint density at radius 3 is 2.50 bits per heavy atom. The van der Waals surface area contributed by atoms with Gasteiger partial charge in [-0.05, 0) is 33.6 Å². The molecule has 0 saturated carbocycles. The molecular weight excluding hydrogens is 230 g/mol. The van der Waals surface area contributed by atoms with Gasteiger partial charge in [-0.3, -0.25) is 4.79 Å². The van der Waals surface area contributed by atoms with Crippen LogP contribution in [0.1, 0.15) is 47.5 Å². The molecule has 4 heteroatoms. The summed E-state index contributed by atoms with van der Waals surface area (Å²) in [5, 5.41) is 0. The van der Waals surface area contributed by atoms with Crippen molar-refractivity contribution >= 4 is 11.9 Å². The molecule has 1 aliphatic rings. The Hall–Kier alpha value is -1.06. The van der Waals surface area contributed by atoms with Gasteiger partial charge in [0.2, 0.25) is 0 Å². The van der Waals surface area contributed by atoms with Crippen molar-refractivity contribution in [2.24, 2.45) is 11.8 Å². The minimum absolute atomic E-state index is 0.00697. The predicted octanol–water partition coefficient (Wildman–Crippen LogP) is 2.86. The average molecular weight is 255 g/mol. The fraction of sp³-hybridized carbons (Fsp3) is 0.857. The molecule has 0 radical (unpaired) electrons. The first kappa shape index (κ1) is 15.0. The van der Waals surface area contributed by atoms with Crippen LogP contribution < -0.4 is 0 Å². The van der Waals surface area contributed by atoms with Crippen molar-refractivity contribution in [3.63, 3.8) is 0 Å². The summed E-state index contributed by atoms with van der Waals surface area (Å²) < 4.78 is 5.31. The van der Waals surface area contributed by atoms with Gasteiger partial charge in [0.15, 0.2) is 0 Å². The van der Waals surface area contributed by atoms with Gasteiger partial charge in [0.25, 0.3) is 0 Å². The topological polar surface area (TPSA) is 46.6 Å². The first-order chi connectivity index (χ1) is 8.24. The molecule has 1 amide bonds. The van der Waals surface area contributed by atoms with Crippen molar-refractivity contribution in [3.8, 4) is 0 Å². The maximum absolute atomic E-state index is 12.1. The summed E-state index contributed by atoms with van der Waals surface area (Å²) in [7, 11) is 0. The molecular formula is C14H25NO3. The lowest BCUT2D eigenvalue weighted by molar-refractivity contribution is -0.125. The number of rotatable bonds is 3. The van der Waals surface area contributed by atoms with E-state index in [1.807, 2.05) is 34.6 Å². The average Bonchev–Trinajstić information content (AvgIpc) is 2.73. The van der Waals surface area contributed by atoms with Crippen LogP contribution in [0.25, 0.3) is 0 Å². The van der Waals surface area contributed by atoms with Crippen molar-refractivity contribution in [1.29, 1.82) is 0 Å². The molecule has 4 nitrogen and oxygen atoms in total. The summed E-state index contributed by atoms with van der Waals surface area (Å²) in [6, 6.07) is 0. The number of carbonyl (C=O) groups excluding carboxylic acids is 2. The van der Waals surface area contributed by atoms with Crippen molar-refractivity contribution in [1.82, 2.24) is 4.90 Å². The highest BCUT2D eigenvalue weighted by Gasteiger charge is 2.34. The molecule has 18 heavy (non-hydrogen) atoms. The maximum Gasteiger partial charge on any atom is 0.410 e. The third kappa shape index (κ3) is 4.00. The smallest absolute Gasteiger partial charge is 0.410 e. The van der Waals surface area contributed by atoms with Gasteiger partial charge in [-0.15, -0.1) is 0 Å². The number of nitrogens with zero attached hydrogens (tertiary/aromatic N) is 1. The van der Waals surface area contributed by atoms with E-state index < -0.39 is 5.60 Å². The van der Waals surface area contributed by atoms with E-state index in [1.165, 1.54) is 0 Å². The SMILES string of the molecule is CCC(C)C(=O)[C@@H]1CCN(C(=O)OC(C)(C)C)C1. The molecule has 1 unspecified atom stereocenters. The fourth-order valence-electron chi connectivity index (χ4n) is 2.09. The lowest BCUT2D eigenvalue weighted by Crippen LogP contribution is -2.36. The monoisotopic (exact) mass is 255 g/mol. The number of Topliss-reactive ketones (excluding diaryl/α,β-unsaturated/α-hetero) is 1. The molecule has 0 spiro atoms. The predicted molar refractivity (Wildman–Crippen MR) is 70.4 cm³/mol. The normalized spacial score (nSPS) is 21.8. The van der Waals surface area contributed by atoms with Gasteiger partial charge in [-0.2, -0.15) is 0 Å². The molecule has 0 aromatic carbocycles. The summed E-state index contributed by atoms with van der Waals surface area (Å²) in [4.78, 5) is 25.6. The second kappa shape index (κ2) is 5.72. The van der Waals surface area contributed by atoms with E-state index in [4.69, 9.17) is 4.74 Å². The van der Waals surface area contributed by atoms with E-state index in [0.717, 1.165) is 12.8 Å². The molecule has 1 rings (SSSR count). The molecule has 1 saturated heterocycles. The number of likely N-dealkylation sites (tertiary alicyclic amines) is 1. The highest BCUT2D eigenvalue weighted by molar-refractivity contribution is 5.84. The first-order valence-corrected chi connectivity index (χ1v) is 6.76. The molecule has 0 aliphatic carbocycles. The van der Waals surface area contributed by atoms with Crippen LogP contribution in [-0.4, -0.2) is 35.5 Å². The van der Waals surface area contributed by atoms with E-state index in [1.54, 1.807) is 4.90 Å². The van der Waals surface area contributed by atoms with Gasteiger partial charge in [0, 0.05) is 24.9 Å². The van der Waals surface area contributed by atoms with Crippen LogP contribution in [0.4, 0.5) is 4.79 Å². The van der Waals surface area contributed by atoms with Gasteiger partial charge in [-0.25, -0.2) is 4.79 Å². The number of carbonyl (C=O) groups is 2. The van der Waals surface area contributed by atoms with E-state index in [2.05, 4.69) is 0 Å². The summed E-state index contributed by atoms with van der Waals surface area (Å²) in [5.74, 6) is 0.365. The van der Waals surface area contributed by atoms with Crippen molar-refractivity contribution in [2.45, 2.75) is 53.1 Å². The van der Waals surface area contributed by atoms with E-state index in [9.17, 15) is 9.59 Å². The van der Waals surface area contributed by atoms with Gasteiger partial charge < -0.3 is 9.64 Å². The second-order valence-electron chi connectivity index (χ2n) is 6.12. The highest BCUT2D eigenvalue weighted by Crippen LogP contribution is 2.23. The quantitative estimate of drug-likeness (QED) is 0.779. The van der Waals surface area contributed by atoms with E-state index in [0.29, 0.717) is 13.1 Å². The Morgan fingerprint density at radius 2 is 2.00 bits per heavy atom. The fourth-order valence-corrected chi connectivity index (χ4v) is 2.09. The Kier molecular flexibility index (Phi) is 4.77. The number of hydrogen-bond acceptors (Lipinski definition) is 3. The lowest BCUT2D eigenvalue weighted by atomic mass is 9.92. The van der Waals surface area contributed by atoms with Gasteiger partial charge >= 0.3 is 6.09 Å². The standard InChI is InChI=1S/C14H25NO3/c1-6-10(2)12(16)11-7-8-15(9-11)13(17)18-14(3,4)5/h10-11H,6-9H2,1-5H3/t10?,11-/m1/s1. The highest BCUT2D eigenvalue weighted by atomic mass is 16.6. The van der Waals surface area contributed by atoms with Crippen LogP contribution in [0.2, 0.25) is 0 Å². The molecule has 1 fully saturated rings. The number of hydrogen-bond donors (Lipinski definition) is 0. The lowest BCUT2D eigenvalue weighted by Gasteiger charge is -2.24.